The quantitative estimate of drug-likeness (QED) is 0.253. The molecule has 30 heavy (non-hydrogen) atoms. The lowest BCUT2D eigenvalue weighted by atomic mass is 9.98. The second-order valence-electron chi connectivity index (χ2n) is 7.60. The number of hydrogen-bond donors (Lipinski definition) is 6. The van der Waals surface area contributed by atoms with E-state index in [2.05, 4.69) is 25.9 Å². The summed E-state index contributed by atoms with van der Waals surface area (Å²) >= 11 is 0. The number of carbonyl (C=O) groups is 4. The summed E-state index contributed by atoms with van der Waals surface area (Å²) in [5, 5.41) is 16.9. The molecule has 1 rings (SSSR count). The number of carboxylic acids is 1. The number of rotatable bonds is 12. The van der Waals surface area contributed by atoms with Crippen molar-refractivity contribution in [1.29, 1.82) is 0 Å². The minimum Gasteiger partial charge on any atom is -0.480 e. The van der Waals surface area contributed by atoms with Gasteiger partial charge >= 0.3 is 5.97 Å². The lowest BCUT2D eigenvalue weighted by Crippen LogP contribution is -2.55. The molecule has 0 aliphatic heterocycles. The molecule has 7 N–H and O–H groups in total. The zero-order valence-electron chi connectivity index (χ0n) is 17.8. The van der Waals surface area contributed by atoms with Crippen molar-refractivity contribution >= 4 is 23.7 Å². The molecule has 0 fully saturated rings. The first kappa shape index (κ1) is 25.1. The summed E-state index contributed by atoms with van der Waals surface area (Å²) in [6, 6.07) is -2.90. The predicted octanol–water partition coefficient (Wildman–Crippen LogP) is -0.848. The van der Waals surface area contributed by atoms with Crippen LogP contribution in [-0.2, 0) is 25.6 Å². The number of aliphatic carboxylic acids is 1. The fraction of sp³-hybridized carbons (Fsp3) is 0.632. The molecule has 4 atom stereocenters. The molecule has 1 heterocycles. The Hall–Kier alpha value is -2.95. The van der Waals surface area contributed by atoms with Crippen LogP contribution in [0.5, 0.6) is 0 Å². The number of nitrogens with one attached hydrogen (secondary N) is 4. The topological polar surface area (TPSA) is 179 Å². The zero-order valence-corrected chi connectivity index (χ0v) is 17.8. The molecule has 0 aliphatic carbocycles. The average Bonchev–Trinajstić information content (AvgIpc) is 3.21. The van der Waals surface area contributed by atoms with E-state index in [1.165, 1.54) is 12.5 Å². The number of aromatic amines is 1. The molecule has 0 saturated heterocycles. The Morgan fingerprint density at radius 2 is 1.83 bits per heavy atom. The van der Waals surface area contributed by atoms with E-state index in [1.807, 2.05) is 6.92 Å². The lowest BCUT2D eigenvalue weighted by molar-refractivity contribution is -0.143. The summed E-state index contributed by atoms with van der Waals surface area (Å²) in [5.74, 6) is -3.27. The molecule has 1 aromatic rings. The summed E-state index contributed by atoms with van der Waals surface area (Å²) in [5.41, 5.74) is 6.32. The van der Waals surface area contributed by atoms with Crippen molar-refractivity contribution in [3.63, 3.8) is 0 Å². The third-order valence-corrected chi connectivity index (χ3v) is 4.85. The van der Waals surface area contributed by atoms with Crippen LogP contribution in [-0.4, -0.2) is 63.4 Å². The molecule has 0 bridgehead atoms. The Morgan fingerprint density at radius 3 is 2.33 bits per heavy atom. The Kier molecular flexibility index (Phi) is 9.96. The van der Waals surface area contributed by atoms with Crippen molar-refractivity contribution in [3.8, 4) is 0 Å². The molecule has 3 amide bonds. The maximum atomic E-state index is 12.7. The summed E-state index contributed by atoms with van der Waals surface area (Å²) in [6.45, 7) is 6.74. The summed E-state index contributed by atoms with van der Waals surface area (Å²) < 4.78 is 0. The highest BCUT2D eigenvalue weighted by Crippen LogP contribution is 2.09. The maximum Gasteiger partial charge on any atom is 0.326 e. The first-order valence-electron chi connectivity index (χ1n) is 9.89. The zero-order chi connectivity index (χ0) is 22.8. The van der Waals surface area contributed by atoms with Crippen LogP contribution in [0.15, 0.2) is 12.5 Å². The lowest BCUT2D eigenvalue weighted by Gasteiger charge is -2.24. The number of H-pyrrole nitrogens is 1. The summed E-state index contributed by atoms with van der Waals surface area (Å²) in [6.07, 6.45) is 3.55. The van der Waals surface area contributed by atoms with Crippen molar-refractivity contribution < 1.29 is 24.3 Å². The smallest absolute Gasteiger partial charge is 0.326 e. The second-order valence-corrected chi connectivity index (χ2v) is 7.60. The van der Waals surface area contributed by atoms with Gasteiger partial charge in [0.2, 0.25) is 17.7 Å². The standard InChI is InChI=1S/C19H32N6O5/c1-5-11(4)16(19(29)30)25-17(27)13(6-12-7-21-9-23-12)24-14(26)8-22-18(28)15(20)10(2)3/h7,9-11,13,15-16H,5-6,8,20H2,1-4H3,(H,21,23)(H,22,28)(H,24,26)(H,25,27)(H,29,30). The van der Waals surface area contributed by atoms with Crippen molar-refractivity contribution in [3.05, 3.63) is 18.2 Å². The highest BCUT2D eigenvalue weighted by Gasteiger charge is 2.30. The summed E-state index contributed by atoms with van der Waals surface area (Å²) in [7, 11) is 0. The molecule has 0 saturated carbocycles. The van der Waals surface area contributed by atoms with Gasteiger partial charge in [-0.1, -0.05) is 34.1 Å². The van der Waals surface area contributed by atoms with Crippen LogP contribution in [0.3, 0.4) is 0 Å². The van der Waals surface area contributed by atoms with Crippen LogP contribution in [0.4, 0.5) is 0 Å². The number of nitrogens with two attached hydrogens (primary N) is 1. The molecular formula is C19H32N6O5. The number of hydrogen-bond acceptors (Lipinski definition) is 6. The molecule has 1 aromatic heterocycles. The minimum absolute atomic E-state index is 0.0733. The van der Waals surface area contributed by atoms with E-state index >= 15 is 0 Å². The van der Waals surface area contributed by atoms with Crippen LogP contribution in [0, 0.1) is 11.8 Å². The Morgan fingerprint density at radius 1 is 1.17 bits per heavy atom. The van der Waals surface area contributed by atoms with E-state index in [9.17, 15) is 24.3 Å². The Balaban J connectivity index is 2.82. The maximum absolute atomic E-state index is 12.7. The number of nitrogens with zero attached hydrogens (tertiary/aromatic N) is 1. The second kappa shape index (κ2) is 11.9. The molecule has 11 nitrogen and oxygen atoms in total. The molecule has 0 spiro atoms. The normalized spacial score (nSPS) is 15.0. The first-order chi connectivity index (χ1) is 14.1. The van der Waals surface area contributed by atoms with Crippen LogP contribution in [0.2, 0.25) is 0 Å². The van der Waals surface area contributed by atoms with E-state index < -0.39 is 41.8 Å². The van der Waals surface area contributed by atoms with Gasteiger partial charge in [0.25, 0.3) is 0 Å². The van der Waals surface area contributed by atoms with Gasteiger partial charge in [-0.05, 0) is 11.8 Å². The van der Waals surface area contributed by atoms with Crippen molar-refractivity contribution in [2.24, 2.45) is 17.6 Å². The fourth-order valence-electron chi connectivity index (χ4n) is 2.60. The van der Waals surface area contributed by atoms with Gasteiger partial charge in [0.05, 0.1) is 18.9 Å². The van der Waals surface area contributed by atoms with Crippen molar-refractivity contribution in [1.82, 2.24) is 25.9 Å². The average molecular weight is 425 g/mol. The van der Waals surface area contributed by atoms with Gasteiger partial charge in [-0.3, -0.25) is 14.4 Å². The van der Waals surface area contributed by atoms with Gasteiger partial charge in [-0.15, -0.1) is 0 Å². The molecule has 11 heteroatoms. The van der Waals surface area contributed by atoms with Gasteiger partial charge in [0.1, 0.15) is 12.1 Å². The number of carbonyl (C=O) groups excluding carboxylic acids is 3. The van der Waals surface area contributed by atoms with Gasteiger partial charge in [-0.2, -0.15) is 0 Å². The van der Waals surface area contributed by atoms with Crippen LogP contribution < -0.4 is 21.7 Å². The number of aromatic nitrogens is 2. The molecule has 0 radical (unpaired) electrons. The van der Waals surface area contributed by atoms with E-state index in [-0.39, 0.29) is 24.8 Å². The minimum atomic E-state index is -1.15. The first-order valence-corrected chi connectivity index (χ1v) is 9.89. The molecule has 0 aliphatic rings. The highest BCUT2D eigenvalue weighted by atomic mass is 16.4. The Labute approximate surface area is 175 Å². The third-order valence-electron chi connectivity index (χ3n) is 4.85. The molecule has 4 unspecified atom stereocenters. The van der Waals surface area contributed by atoms with Crippen molar-refractivity contribution in [2.45, 2.75) is 58.7 Å². The predicted molar refractivity (Wildman–Crippen MR) is 109 cm³/mol. The SMILES string of the molecule is CCC(C)C(NC(=O)C(Cc1cnc[nH]1)NC(=O)CNC(=O)C(N)C(C)C)C(=O)O. The fourth-order valence-corrected chi connectivity index (χ4v) is 2.60. The molecular weight excluding hydrogens is 392 g/mol. The molecule has 168 valence electrons. The van der Waals surface area contributed by atoms with E-state index in [4.69, 9.17) is 5.73 Å². The van der Waals surface area contributed by atoms with Gasteiger partial charge in [0.15, 0.2) is 0 Å². The van der Waals surface area contributed by atoms with E-state index in [1.54, 1.807) is 20.8 Å². The summed E-state index contributed by atoms with van der Waals surface area (Å²) in [4.78, 5) is 55.2. The Bertz CT molecular complexity index is 721. The van der Waals surface area contributed by atoms with Gasteiger partial charge in [0, 0.05) is 18.3 Å². The number of imidazole rings is 1. The van der Waals surface area contributed by atoms with Crippen LogP contribution in [0.25, 0.3) is 0 Å². The van der Waals surface area contributed by atoms with Crippen LogP contribution in [0.1, 0.15) is 39.8 Å². The van der Waals surface area contributed by atoms with E-state index in [0.29, 0.717) is 12.1 Å². The van der Waals surface area contributed by atoms with E-state index in [0.717, 1.165) is 0 Å². The van der Waals surface area contributed by atoms with Crippen molar-refractivity contribution in [2.75, 3.05) is 6.54 Å². The largest absolute Gasteiger partial charge is 0.480 e. The monoisotopic (exact) mass is 424 g/mol. The highest BCUT2D eigenvalue weighted by molar-refractivity contribution is 5.92. The van der Waals surface area contributed by atoms with Gasteiger partial charge in [-0.25, -0.2) is 9.78 Å². The molecule has 0 aromatic carbocycles. The number of amides is 3. The van der Waals surface area contributed by atoms with Gasteiger partial charge < -0.3 is 31.8 Å². The third kappa shape index (κ3) is 7.82. The van der Waals surface area contributed by atoms with Crippen LogP contribution >= 0.6 is 0 Å². The number of carboxylic acid groups (broad SMARTS) is 1.